The van der Waals surface area contributed by atoms with Gasteiger partial charge in [-0.3, -0.25) is 9.78 Å². The first-order valence-corrected chi connectivity index (χ1v) is 6.48. The Kier molecular flexibility index (Phi) is 4.12. The molecule has 1 atom stereocenters. The maximum Gasteiger partial charge on any atom is 0.225 e. The minimum Gasteiger partial charge on any atom is -0.355 e. The molecule has 0 spiro atoms. The van der Waals surface area contributed by atoms with E-state index in [1.54, 1.807) is 18.6 Å². The summed E-state index contributed by atoms with van der Waals surface area (Å²) in [4.78, 5) is 22.5. The number of carbonyl (C=O) groups is 1. The summed E-state index contributed by atoms with van der Waals surface area (Å²) in [5.41, 5.74) is 0. The van der Waals surface area contributed by atoms with Gasteiger partial charge >= 0.3 is 0 Å². The molecule has 1 fully saturated rings. The van der Waals surface area contributed by atoms with Crippen molar-refractivity contribution in [2.24, 2.45) is 5.92 Å². The number of hydrogen-bond acceptors (Lipinski definition) is 4. The molecule has 0 radical (unpaired) electrons. The molecular formula is C13H20N4O. The highest BCUT2D eigenvalue weighted by molar-refractivity contribution is 5.79. The predicted molar refractivity (Wildman–Crippen MR) is 70.2 cm³/mol. The van der Waals surface area contributed by atoms with Gasteiger partial charge in [-0.05, 0) is 26.7 Å². The Morgan fingerprint density at radius 1 is 1.50 bits per heavy atom. The standard InChI is InChI=1S/C13H20N4O/c1-10(2)16-13(18)11-4-3-7-17(9-11)12-8-14-5-6-15-12/h5-6,8,10-11H,3-4,7,9H2,1-2H3,(H,16,18). The summed E-state index contributed by atoms with van der Waals surface area (Å²) in [6.07, 6.45) is 7.08. The van der Waals surface area contributed by atoms with Crippen LogP contribution in [0.15, 0.2) is 18.6 Å². The molecule has 1 N–H and O–H groups in total. The van der Waals surface area contributed by atoms with E-state index in [9.17, 15) is 4.79 Å². The number of hydrogen-bond donors (Lipinski definition) is 1. The molecule has 1 aromatic heterocycles. The monoisotopic (exact) mass is 248 g/mol. The van der Waals surface area contributed by atoms with E-state index in [0.29, 0.717) is 0 Å². The molecule has 2 rings (SSSR count). The second-order valence-electron chi connectivity index (χ2n) is 5.01. The Morgan fingerprint density at radius 3 is 3.00 bits per heavy atom. The fourth-order valence-electron chi connectivity index (χ4n) is 2.26. The molecule has 1 aliphatic rings. The second-order valence-corrected chi connectivity index (χ2v) is 5.01. The van der Waals surface area contributed by atoms with Crippen molar-refractivity contribution in [2.75, 3.05) is 18.0 Å². The molecule has 2 heterocycles. The van der Waals surface area contributed by atoms with E-state index in [-0.39, 0.29) is 17.9 Å². The molecule has 0 aliphatic carbocycles. The molecular weight excluding hydrogens is 228 g/mol. The quantitative estimate of drug-likeness (QED) is 0.873. The molecule has 1 amide bonds. The SMILES string of the molecule is CC(C)NC(=O)C1CCCN(c2cnccn2)C1. The smallest absolute Gasteiger partial charge is 0.225 e. The Labute approximate surface area is 108 Å². The van der Waals surface area contributed by atoms with Crippen molar-refractivity contribution in [2.45, 2.75) is 32.7 Å². The number of aromatic nitrogens is 2. The highest BCUT2D eigenvalue weighted by Crippen LogP contribution is 2.20. The lowest BCUT2D eigenvalue weighted by atomic mass is 9.97. The molecule has 5 nitrogen and oxygen atoms in total. The molecule has 18 heavy (non-hydrogen) atoms. The van der Waals surface area contributed by atoms with Crippen LogP contribution < -0.4 is 10.2 Å². The van der Waals surface area contributed by atoms with Crippen molar-refractivity contribution in [3.63, 3.8) is 0 Å². The van der Waals surface area contributed by atoms with E-state index in [2.05, 4.69) is 20.2 Å². The fraction of sp³-hybridized carbons (Fsp3) is 0.615. The van der Waals surface area contributed by atoms with Gasteiger partial charge in [-0.25, -0.2) is 4.98 Å². The minimum absolute atomic E-state index is 0.0585. The van der Waals surface area contributed by atoms with Crippen LogP contribution in [0.1, 0.15) is 26.7 Å². The predicted octanol–water partition coefficient (Wildman–Crippen LogP) is 1.22. The van der Waals surface area contributed by atoms with Gasteiger partial charge in [0.15, 0.2) is 0 Å². The van der Waals surface area contributed by atoms with E-state index in [0.717, 1.165) is 31.7 Å². The Balaban J connectivity index is 1.98. The molecule has 98 valence electrons. The van der Waals surface area contributed by atoms with Crippen LogP contribution in [-0.4, -0.2) is 35.0 Å². The molecule has 0 saturated carbocycles. The van der Waals surface area contributed by atoms with Crippen molar-refractivity contribution in [3.05, 3.63) is 18.6 Å². The first kappa shape index (κ1) is 12.8. The maximum absolute atomic E-state index is 12.0. The van der Waals surface area contributed by atoms with Crippen LogP contribution in [-0.2, 0) is 4.79 Å². The molecule has 1 unspecified atom stereocenters. The highest BCUT2D eigenvalue weighted by atomic mass is 16.2. The summed E-state index contributed by atoms with van der Waals surface area (Å²) in [7, 11) is 0. The van der Waals surface area contributed by atoms with E-state index < -0.39 is 0 Å². The topological polar surface area (TPSA) is 58.1 Å². The van der Waals surface area contributed by atoms with Crippen LogP contribution >= 0.6 is 0 Å². The van der Waals surface area contributed by atoms with Gasteiger partial charge in [-0.2, -0.15) is 0 Å². The van der Waals surface area contributed by atoms with E-state index in [1.165, 1.54) is 0 Å². The zero-order chi connectivity index (χ0) is 13.0. The minimum atomic E-state index is 0.0585. The highest BCUT2D eigenvalue weighted by Gasteiger charge is 2.26. The molecule has 0 bridgehead atoms. The van der Waals surface area contributed by atoms with Gasteiger partial charge in [0.05, 0.1) is 12.1 Å². The zero-order valence-corrected chi connectivity index (χ0v) is 11.0. The largest absolute Gasteiger partial charge is 0.355 e. The van der Waals surface area contributed by atoms with Gasteiger partial charge in [0.25, 0.3) is 0 Å². The van der Waals surface area contributed by atoms with E-state index >= 15 is 0 Å². The van der Waals surface area contributed by atoms with Crippen molar-refractivity contribution < 1.29 is 4.79 Å². The third-order valence-electron chi connectivity index (χ3n) is 3.10. The summed E-state index contributed by atoms with van der Waals surface area (Å²) in [6, 6.07) is 0.199. The van der Waals surface area contributed by atoms with Crippen LogP contribution in [0.4, 0.5) is 5.82 Å². The van der Waals surface area contributed by atoms with Crippen molar-refractivity contribution in [3.8, 4) is 0 Å². The average molecular weight is 248 g/mol. The normalized spacial score (nSPS) is 19.9. The van der Waals surface area contributed by atoms with Crippen LogP contribution in [0.25, 0.3) is 0 Å². The summed E-state index contributed by atoms with van der Waals surface area (Å²) < 4.78 is 0. The fourth-order valence-corrected chi connectivity index (χ4v) is 2.26. The summed E-state index contributed by atoms with van der Waals surface area (Å²) in [5.74, 6) is 1.07. The lowest BCUT2D eigenvalue weighted by molar-refractivity contribution is -0.125. The number of rotatable bonds is 3. The number of nitrogens with one attached hydrogen (secondary N) is 1. The van der Waals surface area contributed by atoms with Gasteiger partial charge in [-0.1, -0.05) is 0 Å². The third kappa shape index (κ3) is 3.18. The number of carbonyl (C=O) groups excluding carboxylic acids is 1. The average Bonchev–Trinajstić information content (AvgIpc) is 2.39. The second kappa shape index (κ2) is 5.80. The van der Waals surface area contributed by atoms with Gasteiger partial charge in [0.2, 0.25) is 5.91 Å². The van der Waals surface area contributed by atoms with Crippen LogP contribution in [0.5, 0.6) is 0 Å². The Morgan fingerprint density at radius 2 is 2.33 bits per heavy atom. The summed E-state index contributed by atoms with van der Waals surface area (Å²) in [5, 5.41) is 2.98. The van der Waals surface area contributed by atoms with Crippen molar-refractivity contribution in [1.82, 2.24) is 15.3 Å². The van der Waals surface area contributed by atoms with Gasteiger partial charge < -0.3 is 10.2 Å². The summed E-state index contributed by atoms with van der Waals surface area (Å²) in [6.45, 7) is 5.66. The molecule has 1 aromatic rings. The molecule has 1 aliphatic heterocycles. The molecule has 1 saturated heterocycles. The number of amides is 1. The third-order valence-corrected chi connectivity index (χ3v) is 3.10. The van der Waals surface area contributed by atoms with Gasteiger partial charge in [0, 0.05) is 31.5 Å². The zero-order valence-electron chi connectivity index (χ0n) is 11.0. The summed E-state index contributed by atoms with van der Waals surface area (Å²) >= 11 is 0. The Bertz CT molecular complexity index is 393. The number of nitrogens with zero attached hydrogens (tertiary/aromatic N) is 3. The lowest BCUT2D eigenvalue weighted by Gasteiger charge is -2.32. The van der Waals surface area contributed by atoms with E-state index in [4.69, 9.17) is 0 Å². The maximum atomic E-state index is 12.0. The number of piperidine rings is 1. The van der Waals surface area contributed by atoms with Crippen LogP contribution in [0.3, 0.4) is 0 Å². The van der Waals surface area contributed by atoms with Crippen LogP contribution in [0.2, 0.25) is 0 Å². The van der Waals surface area contributed by atoms with E-state index in [1.807, 2.05) is 13.8 Å². The van der Waals surface area contributed by atoms with Crippen molar-refractivity contribution >= 4 is 11.7 Å². The van der Waals surface area contributed by atoms with Gasteiger partial charge in [0.1, 0.15) is 5.82 Å². The van der Waals surface area contributed by atoms with Crippen LogP contribution in [0, 0.1) is 5.92 Å². The molecule has 0 aromatic carbocycles. The first-order chi connectivity index (χ1) is 8.66. The van der Waals surface area contributed by atoms with Crippen molar-refractivity contribution in [1.29, 1.82) is 0 Å². The number of anilines is 1. The lowest BCUT2D eigenvalue weighted by Crippen LogP contribution is -2.45. The first-order valence-electron chi connectivity index (χ1n) is 6.48. The molecule has 5 heteroatoms. The van der Waals surface area contributed by atoms with Gasteiger partial charge in [-0.15, -0.1) is 0 Å². The Hall–Kier alpha value is -1.65.